The van der Waals surface area contributed by atoms with E-state index in [-0.39, 0.29) is 15.8 Å². The summed E-state index contributed by atoms with van der Waals surface area (Å²) in [5, 5.41) is 6.20. The number of halogens is 1. The van der Waals surface area contributed by atoms with Crippen LogP contribution in [-0.2, 0) is 10.0 Å². The summed E-state index contributed by atoms with van der Waals surface area (Å²) in [5.41, 5.74) is 0. The molecular weight excluding hydrogens is 382 g/mol. The Hall–Kier alpha value is -1.74. The summed E-state index contributed by atoms with van der Waals surface area (Å²) in [6, 6.07) is 10.3. The zero-order chi connectivity index (χ0) is 17.4. The number of benzene rings is 1. The molecule has 9 heteroatoms. The fourth-order valence-corrected chi connectivity index (χ4v) is 5.49. The molecule has 1 aliphatic heterocycles. The van der Waals surface area contributed by atoms with Crippen LogP contribution in [0.5, 0.6) is 0 Å². The van der Waals surface area contributed by atoms with Gasteiger partial charge in [0.2, 0.25) is 10.0 Å². The van der Waals surface area contributed by atoms with Crippen molar-refractivity contribution in [3.8, 4) is 10.8 Å². The maximum absolute atomic E-state index is 12.8. The summed E-state index contributed by atoms with van der Waals surface area (Å²) in [7, 11) is -3.63. The van der Waals surface area contributed by atoms with E-state index in [1.807, 2.05) is 17.5 Å². The number of aromatic nitrogens is 2. The fraction of sp³-hybridized carbons (Fsp3) is 0.250. The van der Waals surface area contributed by atoms with Crippen LogP contribution < -0.4 is 0 Å². The summed E-state index contributed by atoms with van der Waals surface area (Å²) in [6.45, 7) is 0.720. The molecule has 1 aromatic carbocycles. The van der Waals surface area contributed by atoms with Crippen molar-refractivity contribution in [2.45, 2.75) is 17.2 Å². The number of nitrogens with zero attached hydrogens (tertiary/aromatic N) is 3. The maximum Gasteiger partial charge on any atom is 0.267 e. The molecule has 130 valence electrons. The lowest BCUT2D eigenvalue weighted by Crippen LogP contribution is -2.29. The lowest BCUT2D eigenvalue weighted by molar-refractivity contribution is 0.415. The summed E-state index contributed by atoms with van der Waals surface area (Å²) >= 11 is 7.57. The lowest BCUT2D eigenvalue weighted by atomic mass is 10.1. The van der Waals surface area contributed by atoms with Gasteiger partial charge in [-0.05, 0) is 30.0 Å². The van der Waals surface area contributed by atoms with Crippen LogP contribution in [0.4, 0.5) is 0 Å². The van der Waals surface area contributed by atoms with Crippen molar-refractivity contribution < 1.29 is 12.9 Å². The molecule has 3 aromatic rings. The van der Waals surface area contributed by atoms with Crippen molar-refractivity contribution in [2.24, 2.45) is 0 Å². The second-order valence-electron chi connectivity index (χ2n) is 5.71. The molecule has 1 fully saturated rings. The number of sulfonamides is 1. The van der Waals surface area contributed by atoms with Crippen LogP contribution in [0, 0.1) is 0 Å². The SMILES string of the molecule is O=S(=O)(c1ccccc1Cl)N1CCC(c2noc(-c3cccs3)n2)C1. The van der Waals surface area contributed by atoms with Gasteiger partial charge in [0.25, 0.3) is 5.89 Å². The normalized spacial score (nSPS) is 18.7. The largest absolute Gasteiger partial charge is 0.333 e. The van der Waals surface area contributed by atoms with Crippen LogP contribution >= 0.6 is 22.9 Å². The first-order chi connectivity index (χ1) is 12.1. The Bertz CT molecular complexity index is 986. The number of rotatable bonds is 4. The van der Waals surface area contributed by atoms with Crippen molar-refractivity contribution in [1.29, 1.82) is 0 Å². The first-order valence-corrected chi connectivity index (χ1v) is 10.4. The van der Waals surface area contributed by atoms with Gasteiger partial charge in [0.1, 0.15) is 4.90 Å². The van der Waals surface area contributed by atoms with E-state index in [4.69, 9.17) is 16.1 Å². The van der Waals surface area contributed by atoms with Gasteiger partial charge in [-0.15, -0.1) is 11.3 Å². The number of thiophene rings is 1. The molecule has 0 bridgehead atoms. The highest BCUT2D eigenvalue weighted by molar-refractivity contribution is 7.89. The third-order valence-electron chi connectivity index (χ3n) is 4.14. The van der Waals surface area contributed by atoms with Gasteiger partial charge in [-0.1, -0.05) is 35.0 Å². The molecule has 0 saturated carbocycles. The van der Waals surface area contributed by atoms with E-state index in [0.717, 1.165) is 4.88 Å². The summed E-state index contributed by atoms with van der Waals surface area (Å²) in [5.74, 6) is 0.924. The molecule has 25 heavy (non-hydrogen) atoms. The zero-order valence-electron chi connectivity index (χ0n) is 13.0. The predicted molar refractivity (Wildman–Crippen MR) is 95.2 cm³/mol. The predicted octanol–water partition coefficient (Wildman–Crippen LogP) is 3.63. The first-order valence-electron chi connectivity index (χ1n) is 7.68. The molecular formula is C16H14ClN3O3S2. The van der Waals surface area contributed by atoms with Crippen LogP contribution in [-0.4, -0.2) is 36.0 Å². The standard InChI is InChI=1S/C16H14ClN3O3S2/c17-12-4-1-2-6-14(12)25(21,22)20-8-7-11(10-20)15-18-16(23-19-15)13-5-3-9-24-13/h1-6,9,11H,7-8,10H2. The molecule has 1 unspecified atom stereocenters. The molecule has 2 aromatic heterocycles. The molecule has 0 N–H and O–H groups in total. The van der Waals surface area contributed by atoms with Crippen molar-refractivity contribution >= 4 is 33.0 Å². The second-order valence-corrected chi connectivity index (χ2v) is 8.98. The minimum absolute atomic E-state index is 0.0882. The van der Waals surface area contributed by atoms with E-state index >= 15 is 0 Å². The highest BCUT2D eigenvalue weighted by Gasteiger charge is 2.36. The highest BCUT2D eigenvalue weighted by Crippen LogP contribution is 2.33. The van der Waals surface area contributed by atoms with Crippen molar-refractivity contribution in [1.82, 2.24) is 14.4 Å². The molecule has 0 radical (unpaired) electrons. The Kier molecular flexibility index (Phi) is 4.36. The quantitative estimate of drug-likeness (QED) is 0.674. The van der Waals surface area contributed by atoms with Gasteiger partial charge in [-0.3, -0.25) is 0 Å². The van der Waals surface area contributed by atoms with Crippen LogP contribution in [0.15, 0.2) is 51.2 Å². The molecule has 1 aliphatic rings. The molecule has 6 nitrogen and oxygen atoms in total. The van der Waals surface area contributed by atoms with Gasteiger partial charge in [0.15, 0.2) is 5.82 Å². The Morgan fingerprint density at radius 3 is 2.84 bits per heavy atom. The van der Waals surface area contributed by atoms with Gasteiger partial charge >= 0.3 is 0 Å². The molecule has 0 aliphatic carbocycles. The van der Waals surface area contributed by atoms with Crippen LogP contribution in [0.1, 0.15) is 18.2 Å². The average molecular weight is 396 g/mol. The molecule has 3 heterocycles. The minimum atomic E-state index is -3.63. The monoisotopic (exact) mass is 395 g/mol. The maximum atomic E-state index is 12.8. The minimum Gasteiger partial charge on any atom is -0.333 e. The molecule has 0 amide bonds. The van der Waals surface area contributed by atoms with Crippen molar-refractivity contribution in [2.75, 3.05) is 13.1 Å². The Morgan fingerprint density at radius 1 is 1.24 bits per heavy atom. The van der Waals surface area contributed by atoms with Crippen molar-refractivity contribution in [3.63, 3.8) is 0 Å². The topological polar surface area (TPSA) is 76.3 Å². The van der Waals surface area contributed by atoms with Crippen LogP contribution in [0.25, 0.3) is 10.8 Å². The van der Waals surface area contributed by atoms with Crippen molar-refractivity contribution in [3.05, 3.63) is 52.6 Å². The Morgan fingerprint density at radius 2 is 2.08 bits per heavy atom. The van der Waals surface area contributed by atoms with E-state index in [9.17, 15) is 8.42 Å². The summed E-state index contributed by atoms with van der Waals surface area (Å²) < 4.78 is 32.3. The molecule has 4 rings (SSSR count). The highest BCUT2D eigenvalue weighted by atomic mass is 35.5. The Balaban J connectivity index is 1.55. The van der Waals surface area contributed by atoms with Gasteiger partial charge in [-0.25, -0.2) is 8.42 Å². The molecule has 1 saturated heterocycles. The number of hydrogen-bond acceptors (Lipinski definition) is 6. The van der Waals surface area contributed by atoms with E-state index in [2.05, 4.69) is 10.1 Å². The summed E-state index contributed by atoms with van der Waals surface area (Å²) in [4.78, 5) is 5.46. The van der Waals surface area contributed by atoms with Gasteiger partial charge in [0.05, 0.1) is 9.90 Å². The van der Waals surface area contributed by atoms with Crippen LogP contribution in [0.2, 0.25) is 5.02 Å². The molecule has 1 atom stereocenters. The first kappa shape index (κ1) is 16.7. The third kappa shape index (κ3) is 3.10. The van der Waals surface area contributed by atoms with E-state index in [1.165, 1.54) is 21.7 Å². The van der Waals surface area contributed by atoms with E-state index in [1.54, 1.807) is 18.2 Å². The van der Waals surface area contributed by atoms with Crippen LogP contribution in [0.3, 0.4) is 0 Å². The molecule has 0 spiro atoms. The second kappa shape index (κ2) is 6.53. The van der Waals surface area contributed by atoms with Gasteiger partial charge in [-0.2, -0.15) is 9.29 Å². The summed E-state index contributed by atoms with van der Waals surface area (Å²) in [6.07, 6.45) is 0.646. The van der Waals surface area contributed by atoms with E-state index < -0.39 is 10.0 Å². The number of hydrogen-bond donors (Lipinski definition) is 0. The smallest absolute Gasteiger partial charge is 0.267 e. The van der Waals surface area contributed by atoms with Gasteiger partial charge < -0.3 is 4.52 Å². The average Bonchev–Trinajstić information content (AvgIpc) is 3.34. The fourth-order valence-electron chi connectivity index (χ4n) is 2.85. The third-order valence-corrected chi connectivity index (χ3v) is 7.37. The lowest BCUT2D eigenvalue weighted by Gasteiger charge is -2.16. The van der Waals surface area contributed by atoms with Gasteiger partial charge in [0, 0.05) is 19.0 Å². The van der Waals surface area contributed by atoms with E-state index in [0.29, 0.717) is 31.2 Å². The zero-order valence-corrected chi connectivity index (χ0v) is 15.4. The Labute approximate surface area is 154 Å².